The number of aromatic nitrogens is 4. The number of pyridine rings is 1. The number of esters is 1. The number of hydrogen-bond acceptors (Lipinski definition) is 6. The molecule has 7 nitrogen and oxygen atoms in total. The Balaban J connectivity index is 1.41. The number of hydrogen-bond donors (Lipinski definition) is 1. The molecule has 0 aliphatic heterocycles. The van der Waals surface area contributed by atoms with E-state index in [0.29, 0.717) is 41.6 Å². The molecule has 0 radical (unpaired) electrons. The van der Waals surface area contributed by atoms with Crippen molar-refractivity contribution in [1.82, 2.24) is 19.6 Å². The number of ether oxygens (including phenoxy) is 1. The first-order valence-electron chi connectivity index (χ1n) is 12.1. The molecule has 1 aliphatic rings. The van der Waals surface area contributed by atoms with E-state index in [1.165, 1.54) is 0 Å². The van der Waals surface area contributed by atoms with Crippen molar-refractivity contribution in [1.29, 1.82) is 0 Å². The Morgan fingerprint density at radius 3 is 2.56 bits per heavy atom. The monoisotopic (exact) mass is 551 g/mol. The van der Waals surface area contributed by atoms with Crippen LogP contribution in [-0.4, -0.2) is 38.3 Å². The van der Waals surface area contributed by atoms with Crippen molar-refractivity contribution in [2.45, 2.75) is 44.7 Å². The molecule has 5 rings (SSSR count). The first-order chi connectivity index (χ1) is 17.5. The number of carbonyl (C=O) groups is 1. The van der Waals surface area contributed by atoms with Crippen molar-refractivity contribution in [2.75, 3.05) is 12.3 Å². The molecule has 1 saturated carbocycles. The predicted octanol–water partition coefficient (Wildman–Crippen LogP) is 5.98. The summed E-state index contributed by atoms with van der Waals surface area (Å²) in [7, 11) is 0. The fourth-order valence-corrected chi connectivity index (χ4v) is 5.50. The Labute approximate surface area is 217 Å². The van der Waals surface area contributed by atoms with E-state index in [0.717, 1.165) is 28.1 Å². The summed E-state index contributed by atoms with van der Waals surface area (Å²) in [5.41, 5.74) is 11.6. The van der Waals surface area contributed by atoms with Gasteiger partial charge in [-0.3, -0.25) is 4.98 Å². The highest BCUT2D eigenvalue weighted by Gasteiger charge is 2.35. The van der Waals surface area contributed by atoms with Gasteiger partial charge in [0.1, 0.15) is 5.82 Å². The molecular weight excluding hydrogens is 525 g/mol. The highest BCUT2D eigenvalue weighted by molar-refractivity contribution is 9.10. The predicted molar refractivity (Wildman–Crippen MR) is 140 cm³/mol. The van der Waals surface area contributed by atoms with Crippen LogP contribution in [0.1, 0.15) is 44.2 Å². The summed E-state index contributed by atoms with van der Waals surface area (Å²) in [6.07, 6.45) is 4.58. The molecule has 1 aliphatic carbocycles. The summed E-state index contributed by atoms with van der Waals surface area (Å²) in [5.74, 6) is -0.535. The molecule has 186 valence electrons. The van der Waals surface area contributed by atoms with Gasteiger partial charge in [0.25, 0.3) is 0 Å². The van der Waals surface area contributed by atoms with Crippen molar-refractivity contribution >= 4 is 33.4 Å². The van der Waals surface area contributed by atoms with Crippen LogP contribution in [0.5, 0.6) is 0 Å². The third-order valence-corrected chi connectivity index (χ3v) is 7.69. The lowest BCUT2D eigenvalue weighted by Gasteiger charge is -2.30. The fourth-order valence-electron chi connectivity index (χ4n) is 4.92. The summed E-state index contributed by atoms with van der Waals surface area (Å²) < 4.78 is 21.7. The second-order valence-electron chi connectivity index (χ2n) is 9.05. The number of fused-ring (bicyclic) bond motifs is 1. The van der Waals surface area contributed by atoms with Crippen molar-refractivity contribution in [3.8, 4) is 22.4 Å². The zero-order chi connectivity index (χ0) is 25.2. The van der Waals surface area contributed by atoms with Crippen LogP contribution < -0.4 is 5.73 Å². The summed E-state index contributed by atoms with van der Waals surface area (Å²) in [5, 5.41) is 4.46. The van der Waals surface area contributed by atoms with Gasteiger partial charge in [-0.25, -0.2) is 14.2 Å². The van der Waals surface area contributed by atoms with E-state index in [-0.39, 0.29) is 18.4 Å². The van der Waals surface area contributed by atoms with Crippen LogP contribution in [0.3, 0.4) is 0 Å². The van der Waals surface area contributed by atoms with E-state index in [1.54, 1.807) is 17.6 Å². The topological polar surface area (TPSA) is 95.4 Å². The van der Waals surface area contributed by atoms with Crippen LogP contribution >= 0.6 is 15.9 Å². The number of nitrogen functional groups attached to an aromatic ring is 1. The second kappa shape index (κ2) is 10.3. The van der Waals surface area contributed by atoms with E-state index in [2.05, 4.69) is 26.0 Å². The van der Waals surface area contributed by atoms with Crippen molar-refractivity contribution in [3.63, 3.8) is 0 Å². The number of anilines is 1. The Kier molecular flexibility index (Phi) is 7.00. The molecule has 36 heavy (non-hydrogen) atoms. The van der Waals surface area contributed by atoms with Gasteiger partial charge in [-0.2, -0.15) is 9.61 Å². The molecule has 0 saturated heterocycles. The van der Waals surface area contributed by atoms with Gasteiger partial charge in [0.15, 0.2) is 11.8 Å². The van der Waals surface area contributed by atoms with E-state index in [9.17, 15) is 9.18 Å². The Hall–Kier alpha value is -3.33. The number of nitrogens with zero attached hydrogens (tertiary/aromatic N) is 4. The molecule has 4 aromatic rings. The van der Waals surface area contributed by atoms with Crippen LogP contribution in [0.4, 0.5) is 10.2 Å². The molecule has 9 heteroatoms. The summed E-state index contributed by atoms with van der Waals surface area (Å²) in [6.45, 7) is 1.87. The maximum atomic E-state index is 14.5. The van der Waals surface area contributed by atoms with Gasteiger partial charge in [0.2, 0.25) is 0 Å². The number of carbonyl (C=O) groups excluding carboxylic acids is 1. The van der Waals surface area contributed by atoms with Gasteiger partial charge in [0.05, 0.1) is 28.7 Å². The van der Waals surface area contributed by atoms with E-state index in [1.807, 2.05) is 48.7 Å². The van der Waals surface area contributed by atoms with Crippen molar-refractivity contribution in [2.24, 2.45) is 5.92 Å². The maximum absolute atomic E-state index is 14.5. The minimum Gasteiger partial charge on any atom is -0.464 e. The molecule has 1 unspecified atom stereocenters. The van der Waals surface area contributed by atoms with Gasteiger partial charge >= 0.3 is 5.97 Å². The van der Waals surface area contributed by atoms with Gasteiger partial charge in [-0.05, 0) is 54.6 Å². The molecule has 3 heterocycles. The molecule has 0 spiro atoms. The Morgan fingerprint density at radius 1 is 1.14 bits per heavy atom. The maximum Gasteiger partial charge on any atom is 0.341 e. The number of nitrogens with two attached hydrogens (primary N) is 1. The number of rotatable bonds is 6. The molecule has 0 bridgehead atoms. The van der Waals surface area contributed by atoms with Crippen LogP contribution in [0.25, 0.3) is 28.0 Å². The van der Waals surface area contributed by atoms with Crippen molar-refractivity contribution in [3.05, 3.63) is 65.0 Å². The third-order valence-electron chi connectivity index (χ3n) is 6.88. The Bertz CT molecular complexity index is 1370. The second-order valence-corrected chi connectivity index (χ2v) is 9.85. The van der Waals surface area contributed by atoms with Crippen LogP contribution in [0.15, 0.2) is 59.3 Å². The highest BCUT2D eigenvalue weighted by atomic mass is 79.9. The first kappa shape index (κ1) is 24.4. The summed E-state index contributed by atoms with van der Waals surface area (Å²) in [6, 6.07) is 14.0. The van der Waals surface area contributed by atoms with Crippen molar-refractivity contribution < 1.29 is 13.9 Å². The lowest BCUT2D eigenvalue weighted by molar-refractivity contribution is -0.151. The van der Waals surface area contributed by atoms with Crippen LogP contribution in [-0.2, 0) is 9.53 Å². The third kappa shape index (κ3) is 4.59. The quantitative estimate of drug-likeness (QED) is 0.296. The van der Waals surface area contributed by atoms with E-state index in [4.69, 9.17) is 15.5 Å². The van der Waals surface area contributed by atoms with Crippen LogP contribution in [0, 0.1) is 5.92 Å². The average Bonchev–Trinajstić information content (AvgIpc) is 3.35. The van der Waals surface area contributed by atoms with Gasteiger partial charge in [-0.1, -0.05) is 36.4 Å². The zero-order valence-corrected chi connectivity index (χ0v) is 21.5. The fraction of sp³-hybridized carbons (Fsp3) is 0.333. The number of benzene rings is 1. The first-order valence-corrected chi connectivity index (χ1v) is 12.9. The smallest absolute Gasteiger partial charge is 0.341 e. The highest BCUT2D eigenvalue weighted by Crippen LogP contribution is 2.42. The number of halogens is 2. The Morgan fingerprint density at radius 2 is 1.89 bits per heavy atom. The van der Waals surface area contributed by atoms with Gasteiger partial charge in [-0.15, -0.1) is 0 Å². The van der Waals surface area contributed by atoms with E-state index >= 15 is 0 Å². The molecule has 1 atom stereocenters. The normalized spacial score (nSPS) is 18.8. The molecule has 1 fully saturated rings. The SMILES string of the molecule is CCOC(=O)C(F)[C@H]1CC[C@@H](c2nc3c(-c4ccc(-c5ccccc5)nc4)cnn3c(N)c2Br)CC1. The standard InChI is InChI=1S/C27H27BrFN5O2/c1-2-36-27(35)23(29)17-8-10-18(11-9-17)24-22(28)25(30)34-26(33-24)20(15-32-34)19-12-13-21(31-14-19)16-6-4-3-5-7-16/h3-7,12-15,17-18,23H,2,8-11,30H2,1H3/t17-,18+,23?. The summed E-state index contributed by atoms with van der Waals surface area (Å²) in [4.78, 5) is 21.4. The van der Waals surface area contributed by atoms with E-state index < -0.39 is 12.1 Å². The number of alkyl halides is 1. The molecule has 3 aromatic heterocycles. The average molecular weight is 552 g/mol. The molecule has 2 N–H and O–H groups in total. The molecular formula is C27H27BrFN5O2. The molecule has 1 aromatic carbocycles. The largest absolute Gasteiger partial charge is 0.464 e. The van der Waals surface area contributed by atoms with Gasteiger partial charge in [0, 0.05) is 34.7 Å². The lowest BCUT2D eigenvalue weighted by Crippen LogP contribution is -2.30. The minimum atomic E-state index is -1.58. The summed E-state index contributed by atoms with van der Waals surface area (Å²) >= 11 is 3.62. The van der Waals surface area contributed by atoms with Crippen LogP contribution in [0.2, 0.25) is 0 Å². The zero-order valence-electron chi connectivity index (χ0n) is 19.9. The molecule has 0 amide bonds. The lowest BCUT2D eigenvalue weighted by atomic mass is 9.78. The van der Waals surface area contributed by atoms with Gasteiger partial charge < -0.3 is 10.5 Å². The minimum absolute atomic E-state index is 0.0960.